The van der Waals surface area contributed by atoms with Crippen LogP contribution in [0.4, 0.5) is 16.5 Å². The van der Waals surface area contributed by atoms with Gasteiger partial charge in [-0.2, -0.15) is 0 Å². The second-order valence-electron chi connectivity index (χ2n) is 6.73. The van der Waals surface area contributed by atoms with Crippen LogP contribution in [-0.2, 0) is 4.79 Å². The van der Waals surface area contributed by atoms with Gasteiger partial charge in [0.05, 0.1) is 10.2 Å². The van der Waals surface area contributed by atoms with Crippen LogP contribution in [0.5, 0.6) is 0 Å². The Morgan fingerprint density at radius 3 is 2.03 bits per heavy atom. The van der Waals surface area contributed by atoms with Crippen molar-refractivity contribution in [1.29, 1.82) is 0 Å². The first-order valence-corrected chi connectivity index (χ1v) is 10.3. The van der Waals surface area contributed by atoms with Crippen LogP contribution in [0.3, 0.4) is 0 Å². The van der Waals surface area contributed by atoms with Gasteiger partial charge in [-0.25, -0.2) is 4.98 Å². The average molecular weight is 430 g/mol. The zero-order valence-corrected chi connectivity index (χ0v) is 17.3. The lowest BCUT2D eigenvalue weighted by Gasteiger charge is -2.08. The van der Waals surface area contributed by atoms with E-state index in [9.17, 15) is 14.4 Å². The molecule has 1 heterocycles. The molecule has 154 valence electrons. The summed E-state index contributed by atoms with van der Waals surface area (Å²) in [4.78, 5) is 40.3. The van der Waals surface area contributed by atoms with Crippen LogP contribution in [-0.4, -0.2) is 22.7 Å². The first-order chi connectivity index (χ1) is 15.0. The smallest absolute Gasteiger partial charge is 0.255 e. The van der Waals surface area contributed by atoms with Gasteiger partial charge in [-0.3, -0.25) is 14.4 Å². The lowest BCUT2D eigenvalue weighted by Crippen LogP contribution is -2.13. The molecule has 0 fully saturated rings. The topological polar surface area (TPSA) is 100 Å². The Kier molecular flexibility index (Phi) is 5.72. The third-order valence-electron chi connectivity index (χ3n) is 4.37. The molecular formula is C23H18N4O3S. The highest BCUT2D eigenvalue weighted by atomic mass is 32.1. The van der Waals surface area contributed by atoms with E-state index in [1.54, 1.807) is 60.7 Å². The predicted molar refractivity (Wildman–Crippen MR) is 123 cm³/mol. The lowest BCUT2D eigenvalue weighted by molar-refractivity contribution is -0.114. The molecule has 4 rings (SSSR count). The van der Waals surface area contributed by atoms with Gasteiger partial charge in [0.2, 0.25) is 5.91 Å². The van der Waals surface area contributed by atoms with Crippen molar-refractivity contribution in [3.8, 4) is 0 Å². The number of hydrogen-bond donors (Lipinski definition) is 3. The summed E-state index contributed by atoms with van der Waals surface area (Å²) in [6.07, 6.45) is 0. The van der Waals surface area contributed by atoms with Crippen molar-refractivity contribution in [3.63, 3.8) is 0 Å². The lowest BCUT2D eigenvalue weighted by atomic mass is 10.1. The molecule has 31 heavy (non-hydrogen) atoms. The predicted octanol–water partition coefficient (Wildman–Crippen LogP) is 4.76. The van der Waals surface area contributed by atoms with Crippen LogP contribution in [0.25, 0.3) is 10.2 Å². The maximum atomic E-state index is 12.6. The monoisotopic (exact) mass is 430 g/mol. The number of nitrogens with zero attached hydrogens (tertiary/aromatic N) is 1. The Bertz CT molecular complexity index is 1270. The van der Waals surface area contributed by atoms with Crippen LogP contribution in [0.15, 0.2) is 72.8 Å². The van der Waals surface area contributed by atoms with E-state index in [0.29, 0.717) is 27.6 Å². The largest absolute Gasteiger partial charge is 0.322 e. The van der Waals surface area contributed by atoms with E-state index in [0.717, 1.165) is 10.2 Å². The van der Waals surface area contributed by atoms with E-state index in [-0.39, 0.29) is 17.7 Å². The first-order valence-electron chi connectivity index (χ1n) is 9.44. The van der Waals surface area contributed by atoms with E-state index < -0.39 is 0 Å². The number of aromatic nitrogens is 1. The summed E-state index contributed by atoms with van der Waals surface area (Å²) >= 11 is 1.33. The molecule has 3 aromatic carbocycles. The fourth-order valence-corrected chi connectivity index (χ4v) is 3.86. The highest BCUT2D eigenvalue weighted by Gasteiger charge is 2.10. The minimum atomic E-state index is -0.271. The molecule has 7 nitrogen and oxygen atoms in total. The van der Waals surface area contributed by atoms with Gasteiger partial charge in [-0.15, -0.1) is 0 Å². The summed E-state index contributed by atoms with van der Waals surface area (Å²) in [6.45, 7) is 1.43. The van der Waals surface area contributed by atoms with Crippen molar-refractivity contribution in [2.24, 2.45) is 0 Å². The Hall–Kier alpha value is -4.04. The van der Waals surface area contributed by atoms with Gasteiger partial charge < -0.3 is 16.0 Å². The normalized spacial score (nSPS) is 10.5. The van der Waals surface area contributed by atoms with E-state index >= 15 is 0 Å². The van der Waals surface area contributed by atoms with Gasteiger partial charge >= 0.3 is 0 Å². The van der Waals surface area contributed by atoms with Crippen LogP contribution >= 0.6 is 11.3 Å². The number of carbonyl (C=O) groups is 3. The standard InChI is InChI=1S/C23H18N4O3S/c1-14(28)24-23-27-19-12-11-18(13-20(19)31-23)26-22(30)16-7-9-17(10-8-16)25-21(29)15-5-3-2-4-6-15/h2-13H,1H3,(H,25,29)(H,26,30)(H,24,27,28). The molecule has 0 aliphatic heterocycles. The van der Waals surface area contributed by atoms with Crippen molar-refractivity contribution in [2.75, 3.05) is 16.0 Å². The van der Waals surface area contributed by atoms with Crippen molar-refractivity contribution >= 4 is 55.8 Å². The minimum absolute atomic E-state index is 0.184. The SMILES string of the molecule is CC(=O)Nc1nc2ccc(NC(=O)c3ccc(NC(=O)c4ccccc4)cc3)cc2s1. The summed E-state index contributed by atoms with van der Waals surface area (Å²) in [5.41, 5.74) is 2.98. The third kappa shape index (κ3) is 4.93. The van der Waals surface area contributed by atoms with Crippen LogP contribution in [0.1, 0.15) is 27.6 Å². The molecule has 3 amide bonds. The number of carbonyl (C=O) groups excluding carboxylic acids is 3. The van der Waals surface area contributed by atoms with Gasteiger partial charge in [0, 0.05) is 29.4 Å². The van der Waals surface area contributed by atoms with Crippen molar-refractivity contribution in [1.82, 2.24) is 4.98 Å². The summed E-state index contributed by atoms with van der Waals surface area (Å²) in [5.74, 6) is -0.669. The Morgan fingerprint density at radius 1 is 0.742 bits per heavy atom. The summed E-state index contributed by atoms with van der Waals surface area (Å²) in [7, 11) is 0. The number of amides is 3. The van der Waals surface area contributed by atoms with Gasteiger partial charge in [0.25, 0.3) is 11.8 Å². The maximum Gasteiger partial charge on any atom is 0.255 e. The van der Waals surface area contributed by atoms with E-state index in [2.05, 4.69) is 20.9 Å². The molecule has 0 radical (unpaired) electrons. The zero-order valence-electron chi connectivity index (χ0n) is 16.5. The van der Waals surface area contributed by atoms with Crippen molar-refractivity contribution in [3.05, 3.63) is 83.9 Å². The highest BCUT2D eigenvalue weighted by molar-refractivity contribution is 7.22. The Labute approximate surface area is 182 Å². The molecular weight excluding hydrogens is 412 g/mol. The quantitative estimate of drug-likeness (QED) is 0.425. The number of benzene rings is 3. The number of anilines is 3. The molecule has 1 aromatic heterocycles. The molecule has 0 aliphatic carbocycles. The highest BCUT2D eigenvalue weighted by Crippen LogP contribution is 2.28. The molecule has 3 N–H and O–H groups in total. The molecule has 8 heteroatoms. The summed E-state index contributed by atoms with van der Waals surface area (Å²) in [5, 5.41) is 8.83. The number of thiazole rings is 1. The van der Waals surface area contributed by atoms with Crippen LogP contribution < -0.4 is 16.0 Å². The van der Waals surface area contributed by atoms with E-state index in [1.807, 2.05) is 12.1 Å². The molecule has 0 saturated heterocycles. The molecule has 0 atom stereocenters. The molecule has 0 aliphatic rings. The second-order valence-corrected chi connectivity index (χ2v) is 7.76. The van der Waals surface area contributed by atoms with Gasteiger partial charge in [0.1, 0.15) is 0 Å². The van der Waals surface area contributed by atoms with Gasteiger partial charge in [-0.1, -0.05) is 29.5 Å². The Morgan fingerprint density at radius 2 is 1.35 bits per heavy atom. The molecule has 0 saturated carbocycles. The third-order valence-corrected chi connectivity index (χ3v) is 5.30. The zero-order chi connectivity index (χ0) is 21.8. The van der Waals surface area contributed by atoms with Crippen LogP contribution in [0.2, 0.25) is 0 Å². The van der Waals surface area contributed by atoms with Crippen LogP contribution in [0, 0.1) is 0 Å². The molecule has 0 unspecified atom stereocenters. The van der Waals surface area contributed by atoms with Crippen molar-refractivity contribution < 1.29 is 14.4 Å². The molecule has 0 bridgehead atoms. The summed E-state index contributed by atoms with van der Waals surface area (Å²) in [6, 6.07) is 20.9. The van der Waals surface area contributed by atoms with E-state index in [1.165, 1.54) is 18.3 Å². The number of nitrogens with one attached hydrogen (secondary N) is 3. The van der Waals surface area contributed by atoms with E-state index in [4.69, 9.17) is 0 Å². The van der Waals surface area contributed by atoms with Gasteiger partial charge in [0.15, 0.2) is 5.13 Å². The summed E-state index contributed by atoms with van der Waals surface area (Å²) < 4.78 is 0.848. The fraction of sp³-hybridized carbons (Fsp3) is 0.0435. The fourth-order valence-electron chi connectivity index (χ4n) is 2.91. The molecule has 0 spiro atoms. The number of hydrogen-bond acceptors (Lipinski definition) is 5. The number of fused-ring (bicyclic) bond motifs is 1. The first kappa shape index (κ1) is 20.2. The minimum Gasteiger partial charge on any atom is -0.322 e. The maximum absolute atomic E-state index is 12.6. The average Bonchev–Trinajstić information content (AvgIpc) is 3.15. The second kappa shape index (κ2) is 8.76. The van der Waals surface area contributed by atoms with Crippen molar-refractivity contribution in [2.45, 2.75) is 6.92 Å². The molecule has 4 aromatic rings. The number of rotatable bonds is 5. The van der Waals surface area contributed by atoms with Gasteiger partial charge in [-0.05, 0) is 54.6 Å². The Balaban J connectivity index is 1.42.